The van der Waals surface area contributed by atoms with Crippen molar-refractivity contribution in [2.24, 2.45) is 10.8 Å². The fourth-order valence-electron chi connectivity index (χ4n) is 4.81. The molecule has 21 heteroatoms. The van der Waals surface area contributed by atoms with Crippen molar-refractivity contribution in [3.8, 4) is 45.0 Å². The van der Waals surface area contributed by atoms with E-state index in [1.54, 1.807) is 18.2 Å². The number of azide groups is 1. The molecule has 4 heterocycles. The van der Waals surface area contributed by atoms with Crippen molar-refractivity contribution in [2.45, 2.75) is 26.3 Å². The Morgan fingerprint density at radius 2 is 0.919 bits per heavy atom. The van der Waals surface area contributed by atoms with E-state index in [1.807, 2.05) is 127 Å². The predicted molar refractivity (Wildman–Crippen MR) is 224 cm³/mol. The molecule has 8 aromatic rings. The first kappa shape index (κ1) is 49.5. The Balaban J connectivity index is 0.000000215. The van der Waals surface area contributed by atoms with Crippen LogP contribution in [0, 0.1) is 0 Å². The molecule has 0 unspecified atom stereocenters. The minimum absolute atomic E-state index is 0. The van der Waals surface area contributed by atoms with Crippen LogP contribution in [0.4, 0.5) is 0 Å². The van der Waals surface area contributed by atoms with Crippen LogP contribution in [0.2, 0.25) is 0 Å². The van der Waals surface area contributed by atoms with Crippen LogP contribution in [-0.4, -0.2) is 40.4 Å². The van der Waals surface area contributed by atoms with Gasteiger partial charge in [-0.2, -0.15) is 8.42 Å². The average Bonchev–Trinajstić information content (AvgIpc) is 4.15. The van der Waals surface area contributed by atoms with E-state index in [1.165, 1.54) is 4.91 Å². The van der Waals surface area contributed by atoms with Crippen LogP contribution in [0.5, 0.6) is 0 Å². The monoisotopic (exact) mass is 867 g/mol. The van der Waals surface area contributed by atoms with Crippen LogP contribution in [0.3, 0.4) is 0 Å². The summed E-state index contributed by atoms with van der Waals surface area (Å²) in [5, 5.41) is 27.6. The third kappa shape index (κ3) is 17.4. The zero-order chi connectivity index (χ0) is 43.7. The molecule has 0 saturated carbocycles. The van der Waals surface area contributed by atoms with Crippen molar-refractivity contribution >= 4 is 10.1 Å². The van der Waals surface area contributed by atoms with Crippen LogP contribution in [0.25, 0.3) is 71.4 Å². The summed E-state index contributed by atoms with van der Waals surface area (Å²) in [5.74, 6) is 2.12. The first-order chi connectivity index (χ1) is 29.7. The number of nitrogens with zero attached hydrogens (tertiary/aromatic N) is 10. The number of nitrogens with two attached hydrogens (primary N) is 1. The van der Waals surface area contributed by atoms with E-state index in [-0.39, 0.29) is 49.3 Å². The summed E-state index contributed by atoms with van der Waals surface area (Å²) in [5.41, 5.74) is 34.0. The smallest absolute Gasteiger partial charge is 0.388 e. The van der Waals surface area contributed by atoms with Gasteiger partial charge in [0.05, 0.1) is 19.3 Å². The number of hydrogen-bond acceptors (Lipinski definition) is 14. The number of aromatic nitrogens is 4. The Labute approximate surface area is 377 Å². The van der Waals surface area contributed by atoms with Crippen LogP contribution in [0.1, 0.15) is 23.0 Å². The molecule has 0 atom stereocenters. The Morgan fingerprint density at radius 3 is 1.24 bits per heavy atom. The molecule has 4 aromatic carbocycles. The van der Waals surface area contributed by atoms with Crippen molar-refractivity contribution in [3.05, 3.63) is 195 Å². The average molecular weight is 868 g/mol. The zero-order valence-electron chi connectivity index (χ0n) is 33.4. The van der Waals surface area contributed by atoms with Gasteiger partial charge in [-0.25, -0.2) is 0 Å². The van der Waals surface area contributed by atoms with Gasteiger partial charge >= 0.3 is 29.6 Å². The SMILES string of the molecule is CS(=O)(=O)OCc1cc(-c2ccccc2)no1.NCc1cc(-c2ccccc2)no1.OCc1cc(-c2ccccc2)no1.[N-]=[N+]=NCc1cc(-c2ccccc2)no1.[N-]=[N+]=[N-].[Na+]. The molecule has 0 aliphatic rings. The first-order valence-electron chi connectivity index (χ1n) is 17.8. The number of aliphatic hydroxyl groups is 1. The van der Waals surface area contributed by atoms with E-state index in [4.69, 9.17) is 45.5 Å². The molecule has 3 N–H and O–H groups in total. The topological polar surface area (TPSA) is 301 Å². The molecule has 8 rings (SSSR count). The summed E-state index contributed by atoms with van der Waals surface area (Å²) in [6, 6.07) is 45.7. The third-order valence-corrected chi connectivity index (χ3v) is 8.12. The normalized spacial score (nSPS) is 9.92. The molecule has 0 aliphatic heterocycles. The molecular weight excluding hydrogens is 830 g/mol. The largest absolute Gasteiger partial charge is 1.00 e. The Kier molecular flexibility index (Phi) is 21.7. The van der Waals surface area contributed by atoms with Gasteiger partial charge in [0.2, 0.25) is 0 Å². The van der Waals surface area contributed by atoms with Crippen LogP contribution in [-0.2, 0) is 40.6 Å². The summed E-state index contributed by atoms with van der Waals surface area (Å²) in [4.78, 5) is 4.15. The molecule has 0 radical (unpaired) electrons. The maximum Gasteiger partial charge on any atom is 1.00 e. The van der Waals surface area contributed by atoms with Gasteiger partial charge in [0.1, 0.15) is 41.7 Å². The van der Waals surface area contributed by atoms with Crippen LogP contribution in [0.15, 0.2) is 169 Å². The number of rotatable bonds is 11. The standard InChI is InChI=1S/C11H11NO4S.C10H8N4O.C10H10N2O.C10H9NO2.N3.Na/c1-17(13,14)15-8-10-7-11(12-16-10)9-5-3-2-4-6-9;11-14-12-7-9-6-10(13-15-9)8-4-2-1-3-5-8;11-7-9-6-10(12-13-9)8-4-2-1-3-5-8;12-7-9-6-10(11-13-9)8-4-2-1-3-5-8;1-3-2;/h2-7H,8H2,1H3;1-6H,7H2;1-6H,7,11H2;1-6,12H,7H2;;/q;;;;-1;+1. The summed E-state index contributed by atoms with van der Waals surface area (Å²) < 4.78 is 46.0. The Bertz CT molecular complexity index is 2590. The summed E-state index contributed by atoms with van der Waals surface area (Å²) in [6.45, 7) is 0.328. The van der Waals surface area contributed by atoms with Crippen molar-refractivity contribution in [1.29, 1.82) is 0 Å². The fraction of sp³-hybridized carbons (Fsp3) is 0.122. The van der Waals surface area contributed by atoms with Gasteiger partial charge in [0.15, 0.2) is 17.3 Å². The van der Waals surface area contributed by atoms with Gasteiger partial charge in [-0.1, -0.05) is 147 Å². The quantitative estimate of drug-likeness (QED) is 0.0463. The summed E-state index contributed by atoms with van der Waals surface area (Å²) in [7, 11) is -3.47. The van der Waals surface area contributed by atoms with E-state index in [0.717, 1.165) is 45.6 Å². The van der Waals surface area contributed by atoms with Crippen molar-refractivity contribution in [1.82, 2.24) is 20.6 Å². The van der Waals surface area contributed by atoms with E-state index >= 15 is 0 Å². The second-order valence-corrected chi connectivity index (χ2v) is 13.6. The molecule has 0 spiro atoms. The van der Waals surface area contributed by atoms with Crippen molar-refractivity contribution in [2.75, 3.05) is 6.26 Å². The van der Waals surface area contributed by atoms with Gasteiger partial charge in [-0.15, -0.1) is 0 Å². The molecule has 0 amide bonds. The minimum atomic E-state index is -3.47. The number of hydrogen-bond donors (Lipinski definition) is 2. The Hall–Kier alpha value is -6.83. The van der Waals surface area contributed by atoms with Crippen molar-refractivity contribution in [3.63, 3.8) is 0 Å². The van der Waals surface area contributed by atoms with Crippen LogP contribution < -0.4 is 35.3 Å². The van der Waals surface area contributed by atoms with E-state index in [0.29, 0.717) is 35.3 Å². The maximum absolute atomic E-state index is 10.8. The van der Waals surface area contributed by atoms with Crippen molar-refractivity contribution < 1.29 is 65.4 Å². The second-order valence-electron chi connectivity index (χ2n) is 12.0. The Morgan fingerprint density at radius 1 is 0.597 bits per heavy atom. The number of aliphatic hydroxyl groups excluding tert-OH is 1. The van der Waals surface area contributed by atoms with Gasteiger partial charge in [-0.05, 0) is 5.53 Å². The molecule has 4 aromatic heterocycles. The van der Waals surface area contributed by atoms with Gasteiger partial charge in [0, 0.05) is 51.4 Å². The molecule has 62 heavy (non-hydrogen) atoms. The first-order valence-corrected chi connectivity index (χ1v) is 19.7. The van der Waals surface area contributed by atoms with E-state index in [2.05, 4.69) is 34.8 Å². The summed E-state index contributed by atoms with van der Waals surface area (Å²) in [6.07, 6.45) is 0.988. The minimum Gasteiger partial charge on any atom is -0.388 e. The predicted octanol–water partition coefficient (Wildman–Crippen LogP) is 6.47. The van der Waals surface area contributed by atoms with Gasteiger partial charge < -0.3 is 40.0 Å². The molecular formula is C41H38N11NaO8S. The van der Waals surface area contributed by atoms with E-state index in [9.17, 15) is 8.42 Å². The molecule has 19 nitrogen and oxygen atoms in total. The molecule has 0 saturated heterocycles. The van der Waals surface area contributed by atoms with Gasteiger partial charge in [0.25, 0.3) is 10.1 Å². The summed E-state index contributed by atoms with van der Waals surface area (Å²) >= 11 is 0. The maximum atomic E-state index is 10.8. The molecule has 0 bridgehead atoms. The molecule has 0 aliphatic carbocycles. The van der Waals surface area contributed by atoms with Crippen LogP contribution >= 0.6 is 0 Å². The fourth-order valence-corrected chi connectivity index (χ4v) is 5.14. The third-order valence-electron chi connectivity index (χ3n) is 7.58. The molecule has 312 valence electrons. The van der Waals surface area contributed by atoms with E-state index < -0.39 is 10.1 Å². The number of benzene rings is 4. The second kappa shape index (κ2) is 27.1. The zero-order valence-corrected chi connectivity index (χ0v) is 36.3. The van der Waals surface area contributed by atoms with Gasteiger partial charge in [-0.3, -0.25) is 9.09 Å². The molecule has 0 fully saturated rings.